The van der Waals surface area contributed by atoms with Gasteiger partial charge in [0.15, 0.2) is 6.61 Å². The minimum Gasteiger partial charge on any atom is -0.483 e. The Hall–Kier alpha value is -5.20. The number of ether oxygens (including phenoxy) is 2. The molecule has 2 aliphatic rings. The summed E-state index contributed by atoms with van der Waals surface area (Å²) in [4.78, 5) is 73.3. The molecule has 2 atom stereocenters. The molecule has 0 spiro atoms. The van der Waals surface area contributed by atoms with Gasteiger partial charge in [-0.05, 0) is 50.8 Å². The van der Waals surface area contributed by atoms with E-state index in [1.165, 1.54) is 15.9 Å². The van der Waals surface area contributed by atoms with E-state index >= 15 is 0 Å². The van der Waals surface area contributed by atoms with Crippen LogP contribution in [0.25, 0.3) is 10.9 Å². The molecule has 2 N–H and O–H groups in total. The van der Waals surface area contributed by atoms with Gasteiger partial charge in [0.05, 0.1) is 18.2 Å². The highest BCUT2D eigenvalue weighted by atomic mass is 16.6. The van der Waals surface area contributed by atoms with Crippen LogP contribution in [0, 0.1) is 6.92 Å². The van der Waals surface area contributed by atoms with Crippen molar-refractivity contribution in [1.82, 2.24) is 25.0 Å². The normalized spacial score (nSPS) is 16.8. The first kappa shape index (κ1) is 34.1. The minimum atomic E-state index is -1.14. The molecule has 13 nitrogen and oxygen atoms in total. The van der Waals surface area contributed by atoms with Crippen LogP contribution in [0.15, 0.2) is 54.6 Å². The number of hydrogen-bond acceptors (Lipinski definition) is 8. The Labute approximate surface area is 278 Å². The van der Waals surface area contributed by atoms with E-state index in [2.05, 4.69) is 10.3 Å². The number of carbonyl (C=O) groups is 5. The third-order valence-corrected chi connectivity index (χ3v) is 8.66. The monoisotopic (exact) mass is 659 g/mol. The number of para-hydroxylation sites is 1. The van der Waals surface area contributed by atoms with Crippen LogP contribution in [0.5, 0.6) is 5.75 Å². The second-order valence-corrected chi connectivity index (χ2v) is 11.9. The maximum atomic E-state index is 13.6. The highest BCUT2D eigenvalue weighted by Crippen LogP contribution is 2.32. The van der Waals surface area contributed by atoms with Crippen LogP contribution in [0.3, 0.4) is 0 Å². The lowest BCUT2D eigenvalue weighted by atomic mass is 10.0. The molecular formula is C35H41N5O8. The number of carboxylic acid groups (broad SMARTS) is 1. The fourth-order valence-corrected chi connectivity index (χ4v) is 6.10. The number of aliphatic carboxylic acids is 1. The molecule has 2 fully saturated rings. The van der Waals surface area contributed by atoms with Gasteiger partial charge in [0, 0.05) is 50.6 Å². The summed E-state index contributed by atoms with van der Waals surface area (Å²) in [7, 11) is 0. The molecular weight excluding hydrogens is 618 g/mol. The number of benzene rings is 2. The zero-order valence-electron chi connectivity index (χ0n) is 27.2. The largest absolute Gasteiger partial charge is 0.483 e. The lowest BCUT2D eigenvalue weighted by molar-refractivity contribution is -0.138. The smallest absolute Gasteiger partial charge is 0.409 e. The fraction of sp³-hybridized carbons (Fsp3) is 0.429. The van der Waals surface area contributed by atoms with Gasteiger partial charge in [-0.25, -0.2) is 9.78 Å². The molecule has 1 aromatic heterocycles. The summed E-state index contributed by atoms with van der Waals surface area (Å²) in [5.41, 5.74) is 2.63. The molecule has 0 saturated carbocycles. The van der Waals surface area contributed by atoms with Gasteiger partial charge in [0.1, 0.15) is 17.5 Å². The molecule has 0 aliphatic carbocycles. The quantitative estimate of drug-likeness (QED) is 0.314. The zero-order valence-corrected chi connectivity index (χ0v) is 27.2. The maximum Gasteiger partial charge on any atom is 0.409 e. The van der Waals surface area contributed by atoms with Crippen LogP contribution < -0.4 is 10.1 Å². The van der Waals surface area contributed by atoms with E-state index in [4.69, 9.17) is 9.47 Å². The van der Waals surface area contributed by atoms with Crippen molar-refractivity contribution < 1.29 is 38.6 Å². The van der Waals surface area contributed by atoms with Crippen LogP contribution in [0.2, 0.25) is 0 Å². The first-order chi connectivity index (χ1) is 23.1. The Morgan fingerprint density at radius 1 is 0.979 bits per heavy atom. The number of nitrogens with zero attached hydrogens (tertiary/aromatic N) is 4. The van der Waals surface area contributed by atoms with Crippen molar-refractivity contribution in [2.75, 3.05) is 45.9 Å². The Bertz CT molecular complexity index is 1650. The maximum absolute atomic E-state index is 13.6. The van der Waals surface area contributed by atoms with E-state index < -0.39 is 29.9 Å². The molecule has 0 bridgehead atoms. The lowest BCUT2D eigenvalue weighted by Gasteiger charge is -2.35. The number of piperazine rings is 1. The Balaban J connectivity index is 1.30. The Morgan fingerprint density at radius 2 is 1.69 bits per heavy atom. The van der Waals surface area contributed by atoms with Crippen molar-refractivity contribution in [3.05, 3.63) is 71.4 Å². The van der Waals surface area contributed by atoms with Gasteiger partial charge < -0.3 is 34.6 Å². The zero-order chi connectivity index (χ0) is 34.2. The van der Waals surface area contributed by atoms with E-state index in [9.17, 15) is 29.1 Å². The summed E-state index contributed by atoms with van der Waals surface area (Å²) in [6.07, 6.45) is 0.798. The summed E-state index contributed by atoms with van der Waals surface area (Å²) in [5.74, 6) is -2.14. The molecule has 13 heteroatoms. The number of amides is 4. The van der Waals surface area contributed by atoms with E-state index in [0.29, 0.717) is 17.4 Å². The number of likely N-dealkylation sites (tertiary alicyclic amines) is 1. The van der Waals surface area contributed by atoms with Gasteiger partial charge in [0.25, 0.3) is 11.8 Å². The third-order valence-electron chi connectivity index (χ3n) is 8.66. The van der Waals surface area contributed by atoms with E-state index in [1.54, 1.807) is 31.2 Å². The average Bonchev–Trinajstić information content (AvgIpc) is 3.59. The van der Waals surface area contributed by atoms with Crippen LogP contribution in [0.1, 0.15) is 60.3 Å². The van der Waals surface area contributed by atoms with E-state index in [-0.39, 0.29) is 75.6 Å². The molecule has 0 radical (unpaired) electrons. The van der Waals surface area contributed by atoms with Gasteiger partial charge in [-0.15, -0.1) is 0 Å². The topological polar surface area (TPSA) is 159 Å². The number of carboxylic acids is 1. The van der Waals surface area contributed by atoms with Gasteiger partial charge in [-0.3, -0.25) is 19.2 Å². The Kier molecular flexibility index (Phi) is 11.1. The number of hydrogen-bond donors (Lipinski definition) is 2. The molecule has 1 unspecified atom stereocenters. The van der Waals surface area contributed by atoms with E-state index in [1.807, 2.05) is 36.1 Å². The number of carbonyl (C=O) groups excluding carboxylic acids is 4. The van der Waals surface area contributed by atoms with Crippen molar-refractivity contribution in [2.45, 2.75) is 51.6 Å². The summed E-state index contributed by atoms with van der Waals surface area (Å²) in [6, 6.07) is 15.5. The van der Waals surface area contributed by atoms with Crippen LogP contribution >= 0.6 is 0 Å². The fourth-order valence-electron chi connectivity index (χ4n) is 6.10. The van der Waals surface area contributed by atoms with Gasteiger partial charge in [-0.1, -0.05) is 42.0 Å². The third kappa shape index (κ3) is 8.20. The van der Waals surface area contributed by atoms with Crippen LogP contribution in [-0.2, 0) is 19.1 Å². The second-order valence-electron chi connectivity index (χ2n) is 11.9. The molecule has 48 heavy (non-hydrogen) atoms. The molecule has 254 valence electrons. The average molecular weight is 660 g/mol. The lowest BCUT2D eigenvalue weighted by Crippen LogP contribution is -2.56. The van der Waals surface area contributed by atoms with Gasteiger partial charge in [-0.2, -0.15) is 0 Å². The summed E-state index contributed by atoms with van der Waals surface area (Å²) in [5, 5.41) is 12.6. The summed E-state index contributed by atoms with van der Waals surface area (Å²) >= 11 is 0. The number of aromatic nitrogens is 1. The van der Waals surface area contributed by atoms with Crippen molar-refractivity contribution in [3.8, 4) is 5.75 Å². The molecule has 2 aliphatic heterocycles. The Morgan fingerprint density at radius 3 is 2.40 bits per heavy atom. The summed E-state index contributed by atoms with van der Waals surface area (Å²) < 4.78 is 11.1. The second kappa shape index (κ2) is 15.6. The van der Waals surface area contributed by atoms with Gasteiger partial charge >= 0.3 is 12.1 Å². The highest BCUT2D eigenvalue weighted by molar-refractivity contribution is 5.99. The molecule has 2 aromatic carbocycles. The van der Waals surface area contributed by atoms with Crippen molar-refractivity contribution in [3.63, 3.8) is 0 Å². The van der Waals surface area contributed by atoms with Crippen molar-refractivity contribution in [2.24, 2.45) is 0 Å². The minimum absolute atomic E-state index is 0.0364. The standard InChI is InChI=1S/C35H41N5O8/c1-3-47-35(46)39-19-17-38(18-20-39)34(45)27(14-15-32(42)43)37-33(44)28-21-30(25-7-4-5-8-26(25)36-28)48-22-31(41)40-16-6-9-29(40)24-12-10-23(2)11-13-24/h4-5,7-8,10-13,21,27,29H,3,6,9,14-20,22H2,1-2H3,(H,37,44)(H,42,43)/t27?,29-/m0/s1. The first-order valence-corrected chi connectivity index (χ1v) is 16.3. The molecule has 3 aromatic rings. The summed E-state index contributed by atoms with van der Waals surface area (Å²) in [6.45, 7) is 5.26. The van der Waals surface area contributed by atoms with Crippen molar-refractivity contribution in [1.29, 1.82) is 0 Å². The number of aryl methyl sites for hydroxylation is 1. The molecule has 4 amide bonds. The van der Waals surface area contributed by atoms with Gasteiger partial charge in [0.2, 0.25) is 5.91 Å². The number of nitrogens with one attached hydrogen (secondary N) is 1. The van der Waals surface area contributed by atoms with Crippen LogP contribution in [0.4, 0.5) is 4.79 Å². The number of rotatable bonds is 11. The number of fused-ring (bicyclic) bond motifs is 1. The first-order valence-electron chi connectivity index (χ1n) is 16.3. The predicted molar refractivity (Wildman–Crippen MR) is 175 cm³/mol. The molecule has 5 rings (SSSR count). The van der Waals surface area contributed by atoms with E-state index in [0.717, 1.165) is 24.0 Å². The predicted octanol–water partition coefficient (Wildman–Crippen LogP) is 3.55. The van der Waals surface area contributed by atoms with Crippen LogP contribution in [-0.4, -0.2) is 107 Å². The molecule has 3 heterocycles. The highest BCUT2D eigenvalue weighted by Gasteiger charge is 2.32. The SMILES string of the molecule is CCOC(=O)N1CCN(C(=O)C(CCC(=O)O)NC(=O)c2cc(OCC(=O)N3CCC[C@H]3c3ccc(C)cc3)c3ccccc3n2)CC1. The number of pyridine rings is 1. The van der Waals surface area contributed by atoms with Crippen molar-refractivity contribution >= 4 is 40.7 Å². The molecule has 2 saturated heterocycles.